The molecule has 172 valence electrons. The first-order valence-electron chi connectivity index (χ1n) is 11.1. The summed E-state index contributed by atoms with van der Waals surface area (Å²) < 4.78 is 10.5. The first-order valence-corrected chi connectivity index (χ1v) is 11.5. The van der Waals surface area contributed by atoms with Crippen molar-refractivity contribution in [1.29, 1.82) is 0 Å². The molecule has 5 nitrogen and oxygen atoms in total. The number of carbonyl (C=O) groups excluding carboxylic acids is 2. The predicted molar refractivity (Wildman–Crippen MR) is 128 cm³/mol. The van der Waals surface area contributed by atoms with Gasteiger partial charge in [-0.1, -0.05) is 53.6 Å². The van der Waals surface area contributed by atoms with Gasteiger partial charge in [0.25, 0.3) is 0 Å². The molecule has 0 unspecified atom stereocenters. The molecule has 0 radical (unpaired) electrons. The maximum absolute atomic E-state index is 13.5. The molecule has 0 amide bonds. The van der Waals surface area contributed by atoms with E-state index in [0.29, 0.717) is 41.3 Å². The van der Waals surface area contributed by atoms with E-state index < -0.39 is 11.9 Å². The van der Waals surface area contributed by atoms with Crippen LogP contribution in [0.3, 0.4) is 0 Å². The molecule has 2 aromatic carbocycles. The first-order chi connectivity index (χ1) is 15.9. The number of rotatable bonds is 6. The number of aryl methyl sites for hydroxylation is 1. The van der Waals surface area contributed by atoms with Gasteiger partial charge in [-0.2, -0.15) is 0 Å². The van der Waals surface area contributed by atoms with E-state index >= 15 is 0 Å². The number of hydrogen-bond donors (Lipinski definition) is 1. The summed E-state index contributed by atoms with van der Waals surface area (Å²) in [5.74, 6) is -0.788. The van der Waals surface area contributed by atoms with E-state index in [-0.39, 0.29) is 18.3 Å². The molecule has 4 rings (SSSR count). The summed E-state index contributed by atoms with van der Waals surface area (Å²) >= 11 is 6.05. The highest BCUT2D eigenvalue weighted by Crippen LogP contribution is 2.45. The molecule has 1 aliphatic heterocycles. The van der Waals surface area contributed by atoms with E-state index in [1.54, 1.807) is 7.11 Å². The molecule has 2 aromatic rings. The Morgan fingerprint density at radius 3 is 2.33 bits per heavy atom. The van der Waals surface area contributed by atoms with Gasteiger partial charge in [0.15, 0.2) is 5.78 Å². The number of dihydropyridines is 1. The second kappa shape index (κ2) is 9.94. The summed E-state index contributed by atoms with van der Waals surface area (Å²) in [6.07, 6.45) is 1.07. The summed E-state index contributed by atoms with van der Waals surface area (Å²) in [7, 11) is 1.56. The molecule has 0 saturated carbocycles. The number of carbonyl (C=O) groups is 2. The maximum Gasteiger partial charge on any atom is 0.336 e. The average molecular weight is 466 g/mol. The van der Waals surface area contributed by atoms with Crippen LogP contribution in [-0.2, 0) is 19.1 Å². The van der Waals surface area contributed by atoms with Crippen molar-refractivity contribution < 1.29 is 19.1 Å². The fourth-order valence-corrected chi connectivity index (χ4v) is 4.79. The van der Waals surface area contributed by atoms with Crippen LogP contribution in [0.2, 0.25) is 5.02 Å². The highest BCUT2D eigenvalue weighted by molar-refractivity contribution is 6.30. The van der Waals surface area contributed by atoms with E-state index in [1.165, 1.54) is 0 Å². The Balaban J connectivity index is 1.73. The lowest BCUT2D eigenvalue weighted by atomic mass is 9.71. The van der Waals surface area contributed by atoms with Crippen molar-refractivity contribution in [3.63, 3.8) is 0 Å². The number of hydrogen-bond acceptors (Lipinski definition) is 5. The molecule has 0 bridgehead atoms. The maximum atomic E-state index is 13.5. The third-order valence-corrected chi connectivity index (χ3v) is 6.57. The first kappa shape index (κ1) is 23.3. The number of allylic oxidation sites excluding steroid dienone is 3. The Labute approximate surface area is 199 Å². The lowest BCUT2D eigenvalue weighted by Crippen LogP contribution is -2.36. The van der Waals surface area contributed by atoms with E-state index in [9.17, 15) is 9.59 Å². The minimum atomic E-state index is -0.462. The zero-order valence-electron chi connectivity index (χ0n) is 19.1. The topological polar surface area (TPSA) is 64.6 Å². The van der Waals surface area contributed by atoms with Gasteiger partial charge in [0, 0.05) is 41.4 Å². The lowest BCUT2D eigenvalue weighted by Gasteiger charge is -2.36. The van der Waals surface area contributed by atoms with Crippen molar-refractivity contribution in [2.75, 3.05) is 20.3 Å². The minimum Gasteiger partial charge on any atom is -0.460 e. The number of ether oxygens (including phenoxy) is 2. The van der Waals surface area contributed by atoms with Crippen LogP contribution in [0.5, 0.6) is 0 Å². The highest BCUT2D eigenvalue weighted by Gasteiger charge is 2.41. The Morgan fingerprint density at radius 1 is 1.00 bits per heavy atom. The molecule has 0 fully saturated rings. The zero-order chi connectivity index (χ0) is 23.5. The van der Waals surface area contributed by atoms with E-state index in [2.05, 4.69) is 5.32 Å². The van der Waals surface area contributed by atoms with Crippen LogP contribution in [0.15, 0.2) is 71.1 Å². The second-order valence-corrected chi connectivity index (χ2v) is 9.04. The monoisotopic (exact) mass is 465 g/mol. The number of benzene rings is 2. The van der Waals surface area contributed by atoms with Gasteiger partial charge in [-0.15, -0.1) is 0 Å². The van der Waals surface area contributed by atoms with Crippen LogP contribution in [0, 0.1) is 6.92 Å². The summed E-state index contributed by atoms with van der Waals surface area (Å²) in [6, 6.07) is 15.7. The van der Waals surface area contributed by atoms with Crippen molar-refractivity contribution in [3.8, 4) is 0 Å². The smallest absolute Gasteiger partial charge is 0.336 e. The molecule has 0 aromatic heterocycles. The van der Waals surface area contributed by atoms with Gasteiger partial charge in [0.2, 0.25) is 0 Å². The molecule has 1 heterocycles. The molecule has 2 aliphatic rings. The van der Waals surface area contributed by atoms with Gasteiger partial charge >= 0.3 is 5.97 Å². The molecule has 0 spiro atoms. The van der Waals surface area contributed by atoms with Gasteiger partial charge in [-0.3, -0.25) is 4.79 Å². The van der Waals surface area contributed by atoms with Crippen LogP contribution in [0.4, 0.5) is 0 Å². The Morgan fingerprint density at radius 2 is 1.67 bits per heavy atom. The van der Waals surface area contributed by atoms with Crippen molar-refractivity contribution in [2.24, 2.45) is 0 Å². The molecule has 2 atom stereocenters. The van der Waals surface area contributed by atoms with E-state index in [4.69, 9.17) is 21.1 Å². The molecule has 1 N–H and O–H groups in total. The number of ketones is 1. The van der Waals surface area contributed by atoms with Crippen LogP contribution in [0.25, 0.3) is 0 Å². The van der Waals surface area contributed by atoms with Crippen molar-refractivity contribution >= 4 is 23.4 Å². The number of methoxy groups -OCH3 is 1. The minimum absolute atomic E-state index is 0.0453. The Hall–Kier alpha value is -2.89. The van der Waals surface area contributed by atoms with Crippen molar-refractivity contribution in [2.45, 2.75) is 38.5 Å². The zero-order valence-corrected chi connectivity index (χ0v) is 19.9. The number of nitrogens with one attached hydrogen (secondary N) is 1. The molecular weight excluding hydrogens is 438 g/mol. The second-order valence-electron chi connectivity index (χ2n) is 8.61. The molecule has 6 heteroatoms. The Kier molecular flexibility index (Phi) is 7.01. The highest BCUT2D eigenvalue weighted by atomic mass is 35.5. The van der Waals surface area contributed by atoms with Crippen LogP contribution in [0.1, 0.15) is 48.3 Å². The fourth-order valence-electron chi connectivity index (χ4n) is 4.67. The largest absolute Gasteiger partial charge is 0.460 e. The summed E-state index contributed by atoms with van der Waals surface area (Å²) in [4.78, 5) is 26.7. The standard InChI is InChI=1S/C27H28ClNO4/c1-16-4-6-19(7-5-16)25-24(27(31)33-13-12-32-3)17(2)29-22-14-20(15-23(30)26(22)25)18-8-10-21(28)11-9-18/h4-11,20,25,29H,12-15H2,1-3H3/t20-,25+/m1/s1. The van der Waals surface area contributed by atoms with Gasteiger partial charge in [-0.05, 0) is 49.4 Å². The third kappa shape index (κ3) is 4.90. The summed E-state index contributed by atoms with van der Waals surface area (Å²) in [5, 5.41) is 4.05. The normalized spacial score (nSPS) is 20.4. The van der Waals surface area contributed by atoms with Gasteiger partial charge in [0.1, 0.15) is 6.61 Å². The number of halogens is 1. The summed E-state index contributed by atoms with van der Waals surface area (Å²) in [6.45, 7) is 4.36. The van der Waals surface area contributed by atoms with Crippen molar-refractivity contribution in [1.82, 2.24) is 5.32 Å². The van der Waals surface area contributed by atoms with E-state index in [1.807, 2.05) is 62.4 Å². The molecular formula is C27H28ClNO4. The van der Waals surface area contributed by atoms with Crippen molar-refractivity contribution in [3.05, 3.63) is 92.8 Å². The lowest BCUT2D eigenvalue weighted by molar-refractivity contribution is -0.140. The molecule has 0 saturated heterocycles. The molecule has 1 aliphatic carbocycles. The van der Waals surface area contributed by atoms with Gasteiger partial charge in [0.05, 0.1) is 12.2 Å². The van der Waals surface area contributed by atoms with Crippen LogP contribution >= 0.6 is 11.6 Å². The van der Waals surface area contributed by atoms with Crippen LogP contribution < -0.4 is 5.32 Å². The number of esters is 1. The van der Waals surface area contributed by atoms with Gasteiger partial charge in [-0.25, -0.2) is 4.79 Å². The SMILES string of the molecule is COCCOC(=O)C1=C(C)NC2=C(C(=O)C[C@H](c3ccc(Cl)cc3)C2)[C@H]1c1ccc(C)cc1. The number of Topliss-reactive ketones (excluding diaryl/α,β-unsaturated/α-hetero) is 1. The van der Waals surface area contributed by atoms with Gasteiger partial charge < -0.3 is 14.8 Å². The quantitative estimate of drug-likeness (QED) is 0.469. The van der Waals surface area contributed by atoms with Crippen LogP contribution in [-0.4, -0.2) is 32.1 Å². The van der Waals surface area contributed by atoms with E-state index in [0.717, 1.165) is 22.4 Å². The third-order valence-electron chi connectivity index (χ3n) is 6.32. The molecule has 33 heavy (non-hydrogen) atoms. The Bertz CT molecular complexity index is 1120. The average Bonchev–Trinajstić information content (AvgIpc) is 2.79. The predicted octanol–water partition coefficient (Wildman–Crippen LogP) is 5.20. The summed E-state index contributed by atoms with van der Waals surface area (Å²) in [5.41, 5.74) is 5.84. The fraction of sp³-hybridized carbons (Fsp3) is 0.333.